The number of benzene rings is 1. The van der Waals surface area contributed by atoms with Crippen molar-refractivity contribution in [3.8, 4) is 0 Å². The Labute approximate surface area is 131 Å². The van der Waals surface area contributed by atoms with E-state index in [1.807, 2.05) is 34.5 Å². The quantitative estimate of drug-likeness (QED) is 0.713. The van der Waals surface area contributed by atoms with Gasteiger partial charge in [-0.3, -0.25) is 0 Å². The minimum absolute atomic E-state index is 0.849. The Kier molecular flexibility index (Phi) is 4.36. The van der Waals surface area contributed by atoms with Gasteiger partial charge in [0.05, 0.1) is 5.75 Å². The molecule has 21 heavy (non-hydrogen) atoms. The van der Waals surface area contributed by atoms with Crippen LogP contribution in [0.1, 0.15) is 30.2 Å². The van der Waals surface area contributed by atoms with Crippen molar-refractivity contribution in [1.29, 1.82) is 0 Å². The van der Waals surface area contributed by atoms with Gasteiger partial charge in [0.2, 0.25) is 4.96 Å². The molecule has 0 aliphatic carbocycles. The Morgan fingerprint density at radius 1 is 1.29 bits per heavy atom. The van der Waals surface area contributed by atoms with Crippen LogP contribution in [0.3, 0.4) is 0 Å². The highest BCUT2D eigenvalue weighted by atomic mass is 32.2. The van der Waals surface area contributed by atoms with E-state index in [4.69, 9.17) is 0 Å². The Bertz CT molecular complexity index is 758. The normalized spacial score (nSPS) is 12.2. The topological polar surface area (TPSA) is 43.1 Å². The van der Waals surface area contributed by atoms with Crippen LogP contribution < -0.4 is 0 Å². The van der Waals surface area contributed by atoms with Gasteiger partial charge in [-0.25, -0.2) is 0 Å². The Hall–Kier alpha value is -1.66. The Morgan fingerprint density at radius 2 is 2.10 bits per heavy atom. The van der Waals surface area contributed by atoms with Gasteiger partial charge in [0.1, 0.15) is 5.01 Å². The van der Waals surface area contributed by atoms with E-state index in [2.05, 4.69) is 47.4 Å². The van der Waals surface area contributed by atoms with Crippen LogP contribution in [0.15, 0.2) is 30.3 Å². The fourth-order valence-electron chi connectivity index (χ4n) is 1.96. The summed E-state index contributed by atoms with van der Waals surface area (Å²) in [7, 11) is 0. The van der Waals surface area contributed by atoms with E-state index in [-0.39, 0.29) is 0 Å². The second kappa shape index (κ2) is 6.41. The summed E-state index contributed by atoms with van der Waals surface area (Å²) in [6, 6.07) is 10.3. The van der Waals surface area contributed by atoms with Crippen LogP contribution in [0.4, 0.5) is 0 Å². The molecule has 6 heteroatoms. The van der Waals surface area contributed by atoms with Crippen LogP contribution >= 0.6 is 23.1 Å². The predicted octanol–water partition coefficient (Wildman–Crippen LogP) is 4.00. The average molecular weight is 316 g/mol. The van der Waals surface area contributed by atoms with Crippen LogP contribution in [-0.4, -0.2) is 25.6 Å². The molecule has 2 aromatic heterocycles. The van der Waals surface area contributed by atoms with Crippen molar-refractivity contribution in [3.63, 3.8) is 0 Å². The van der Waals surface area contributed by atoms with Gasteiger partial charge in [-0.15, -0.1) is 10.2 Å². The van der Waals surface area contributed by atoms with Crippen LogP contribution in [0.5, 0.6) is 0 Å². The molecular formula is C15H16N4S2. The molecule has 108 valence electrons. The third-order valence-corrected chi connectivity index (χ3v) is 4.92. The SMILES string of the molecule is CCSCc1nnc2sc(C(C)=Cc3ccccc3)nn12. The molecule has 0 unspecified atom stereocenters. The number of rotatable bonds is 5. The first-order valence-corrected chi connectivity index (χ1v) is 8.77. The van der Waals surface area contributed by atoms with Crippen molar-refractivity contribution < 1.29 is 0 Å². The van der Waals surface area contributed by atoms with Crippen LogP contribution in [0.2, 0.25) is 0 Å². The fourth-order valence-corrected chi connectivity index (χ4v) is 3.36. The maximum atomic E-state index is 4.65. The lowest BCUT2D eigenvalue weighted by Crippen LogP contribution is -1.94. The maximum Gasteiger partial charge on any atom is 0.234 e. The number of thioether (sulfide) groups is 1. The standard InChI is InChI=1S/C15H16N4S2/c1-3-20-10-13-16-17-15-19(13)18-14(21-15)11(2)9-12-7-5-4-6-8-12/h4-9H,3,10H2,1-2H3. The molecule has 0 N–H and O–H groups in total. The molecule has 0 atom stereocenters. The molecule has 1 aromatic carbocycles. The highest BCUT2D eigenvalue weighted by Gasteiger charge is 2.12. The van der Waals surface area contributed by atoms with Crippen LogP contribution in [0.25, 0.3) is 16.6 Å². The second-order valence-electron chi connectivity index (χ2n) is 4.59. The molecule has 0 amide bonds. The van der Waals surface area contributed by atoms with Crippen molar-refractivity contribution >= 4 is 39.7 Å². The molecule has 0 aliphatic heterocycles. The molecule has 0 bridgehead atoms. The van der Waals surface area contributed by atoms with Crippen molar-refractivity contribution in [3.05, 3.63) is 46.7 Å². The summed E-state index contributed by atoms with van der Waals surface area (Å²) < 4.78 is 1.87. The van der Waals surface area contributed by atoms with Gasteiger partial charge in [-0.1, -0.05) is 48.6 Å². The summed E-state index contributed by atoms with van der Waals surface area (Å²) in [5.41, 5.74) is 2.33. The van der Waals surface area contributed by atoms with Gasteiger partial charge in [0, 0.05) is 0 Å². The smallest absolute Gasteiger partial charge is 0.186 e. The van der Waals surface area contributed by atoms with Gasteiger partial charge in [0.15, 0.2) is 5.82 Å². The van der Waals surface area contributed by atoms with Crippen molar-refractivity contribution in [2.75, 3.05) is 5.75 Å². The largest absolute Gasteiger partial charge is 0.234 e. The van der Waals surface area contributed by atoms with Gasteiger partial charge >= 0.3 is 0 Å². The zero-order valence-corrected chi connectivity index (χ0v) is 13.6. The molecule has 4 nitrogen and oxygen atoms in total. The van der Waals surface area contributed by atoms with E-state index < -0.39 is 0 Å². The average Bonchev–Trinajstić information content (AvgIpc) is 3.07. The molecule has 0 saturated carbocycles. The molecule has 3 aromatic rings. The van der Waals surface area contributed by atoms with Gasteiger partial charge in [0.25, 0.3) is 0 Å². The first-order chi connectivity index (χ1) is 10.3. The van der Waals surface area contributed by atoms with E-state index >= 15 is 0 Å². The number of hydrogen-bond acceptors (Lipinski definition) is 5. The number of aromatic nitrogens is 4. The zero-order valence-electron chi connectivity index (χ0n) is 12.0. The monoisotopic (exact) mass is 316 g/mol. The molecular weight excluding hydrogens is 300 g/mol. The summed E-state index contributed by atoms with van der Waals surface area (Å²) in [6.45, 7) is 4.22. The van der Waals surface area contributed by atoms with E-state index in [0.29, 0.717) is 0 Å². The van der Waals surface area contributed by atoms with E-state index in [0.717, 1.165) is 32.9 Å². The van der Waals surface area contributed by atoms with Gasteiger partial charge < -0.3 is 0 Å². The lowest BCUT2D eigenvalue weighted by Gasteiger charge is -1.97. The van der Waals surface area contributed by atoms with Crippen LogP contribution in [0, 0.1) is 0 Å². The van der Waals surface area contributed by atoms with E-state index in [9.17, 15) is 0 Å². The van der Waals surface area contributed by atoms with Crippen molar-refractivity contribution in [2.45, 2.75) is 19.6 Å². The summed E-state index contributed by atoms with van der Waals surface area (Å²) in [5, 5.41) is 14.1. The van der Waals surface area contributed by atoms with Gasteiger partial charge in [-0.05, 0) is 29.9 Å². The minimum atomic E-state index is 0.849. The fraction of sp³-hybridized carbons (Fsp3) is 0.267. The predicted molar refractivity (Wildman–Crippen MR) is 90.5 cm³/mol. The summed E-state index contributed by atoms with van der Waals surface area (Å²) in [6.07, 6.45) is 2.15. The maximum absolute atomic E-state index is 4.65. The van der Waals surface area contributed by atoms with Crippen molar-refractivity contribution in [2.24, 2.45) is 0 Å². The lowest BCUT2D eigenvalue weighted by atomic mass is 10.1. The third-order valence-electron chi connectivity index (χ3n) is 3.01. The number of hydrogen-bond donors (Lipinski definition) is 0. The molecule has 0 saturated heterocycles. The number of allylic oxidation sites excluding steroid dienone is 1. The number of fused-ring (bicyclic) bond motifs is 1. The van der Waals surface area contributed by atoms with Crippen LogP contribution in [-0.2, 0) is 5.75 Å². The summed E-state index contributed by atoms with van der Waals surface area (Å²) >= 11 is 3.41. The Balaban J connectivity index is 1.90. The molecule has 0 aliphatic rings. The second-order valence-corrected chi connectivity index (χ2v) is 6.82. The third kappa shape index (κ3) is 3.16. The van der Waals surface area contributed by atoms with E-state index in [1.54, 1.807) is 11.3 Å². The summed E-state index contributed by atoms with van der Waals surface area (Å²) in [4.78, 5) is 0.859. The van der Waals surface area contributed by atoms with E-state index in [1.165, 1.54) is 5.56 Å². The Morgan fingerprint density at radius 3 is 2.86 bits per heavy atom. The molecule has 2 heterocycles. The molecule has 3 rings (SSSR count). The molecule has 0 fully saturated rings. The first kappa shape index (κ1) is 14.3. The first-order valence-electron chi connectivity index (χ1n) is 6.80. The van der Waals surface area contributed by atoms with Crippen molar-refractivity contribution in [1.82, 2.24) is 19.8 Å². The molecule has 0 radical (unpaired) electrons. The minimum Gasteiger partial charge on any atom is -0.186 e. The highest BCUT2D eigenvalue weighted by molar-refractivity contribution is 7.98. The molecule has 0 spiro atoms. The van der Waals surface area contributed by atoms with Gasteiger partial charge in [-0.2, -0.15) is 21.4 Å². The lowest BCUT2D eigenvalue weighted by molar-refractivity contribution is 0.878. The zero-order chi connectivity index (χ0) is 14.7. The summed E-state index contributed by atoms with van der Waals surface area (Å²) in [5.74, 6) is 2.84. The highest BCUT2D eigenvalue weighted by Crippen LogP contribution is 2.24. The number of nitrogens with zero attached hydrogens (tertiary/aromatic N) is 4.